The van der Waals surface area contributed by atoms with Crippen molar-refractivity contribution in [3.63, 3.8) is 0 Å². The van der Waals surface area contributed by atoms with Crippen LogP contribution in [0.5, 0.6) is 0 Å². The normalized spacial score (nSPS) is 19.8. The Bertz CT molecular complexity index is 677. The number of carbonyl (C=O) groups excluding carboxylic acids is 1. The van der Waals surface area contributed by atoms with E-state index in [2.05, 4.69) is 9.97 Å². The number of amides is 1. The number of carbonyl (C=O) groups is 1. The zero-order valence-electron chi connectivity index (χ0n) is 13.3. The van der Waals surface area contributed by atoms with Crippen LogP contribution in [0.1, 0.15) is 54.5 Å². The van der Waals surface area contributed by atoms with Gasteiger partial charge >= 0.3 is 0 Å². The molecule has 0 radical (unpaired) electrons. The molecule has 3 heterocycles. The van der Waals surface area contributed by atoms with E-state index in [1.54, 1.807) is 17.0 Å². The van der Waals surface area contributed by atoms with E-state index >= 15 is 0 Å². The van der Waals surface area contributed by atoms with E-state index in [0.29, 0.717) is 18.7 Å². The van der Waals surface area contributed by atoms with Crippen LogP contribution in [0.15, 0.2) is 35.3 Å². The van der Waals surface area contributed by atoms with Crippen LogP contribution in [0.4, 0.5) is 0 Å². The van der Waals surface area contributed by atoms with E-state index in [1.165, 1.54) is 18.8 Å². The molecule has 1 N–H and O–H groups in total. The lowest BCUT2D eigenvalue weighted by atomic mass is 10.0. The minimum absolute atomic E-state index is 0.0777. The van der Waals surface area contributed by atoms with Crippen molar-refractivity contribution in [2.24, 2.45) is 0 Å². The molecule has 128 valence electrons. The van der Waals surface area contributed by atoms with Gasteiger partial charge in [0, 0.05) is 25.2 Å². The molecule has 1 amide bonds. The fourth-order valence-electron chi connectivity index (χ4n) is 3.15. The third kappa shape index (κ3) is 3.76. The second-order valence-corrected chi connectivity index (χ2v) is 6.40. The van der Waals surface area contributed by atoms with Crippen molar-refractivity contribution in [3.05, 3.63) is 47.4 Å². The minimum Gasteiger partial charge on any atom is -0.467 e. The maximum atomic E-state index is 12.9. The van der Waals surface area contributed by atoms with Gasteiger partial charge < -0.3 is 14.4 Å². The minimum atomic E-state index is -0.737. The average molecular weight is 350 g/mol. The van der Waals surface area contributed by atoms with Crippen molar-refractivity contribution >= 4 is 17.5 Å². The summed E-state index contributed by atoms with van der Waals surface area (Å²) in [7, 11) is 0. The van der Waals surface area contributed by atoms with Gasteiger partial charge in [0.25, 0.3) is 5.91 Å². The molecule has 0 unspecified atom stereocenters. The van der Waals surface area contributed by atoms with Gasteiger partial charge in [0.05, 0.1) is 11.3 Å². The molecule has 1 saturated heterocycles. The summed E-state index contributed by atoms with van der Waals surface area (Å²) >= 11 is 6.08. The highest BCUT2D eigenvalue weighted by Crippen LogP contribution is 2.28. The zero-order valence-corrected chi connectivity index (χ0v) is 14.0. The molecule has 0 aromatic carbocycles. The Balaban J connectivity index is 1.80. The topological polar surface area (TPSA) is 79.5 Å². The number of likely N-dealkylation sites (tertiary alicyclic amines) is 1. The van der Waals surface area contributed by atoms with E-state index in [4.69, 9.17) is 16.0 Å². The van der Waals surface area contributed by atoms with Gasteiger partial charge in [0.15, 0.2) is 0 Å². The Labute approximate surface area is 145 Å². The van der Waals surface area contributed by atoms with E-state index in [-0.39, 0.29) is 22.7 Å². The first kappa shape index (κ1) is 16.9. The smallest absolute Gasteiger partial charge is 0.274 e. The predicted octanol–water partition coefficient (Wildman–Crippen LogP) is 3.23. The Morgan fingerprint density at radius 1 is 1.46 bits per heavy atom. The van der Waals surface area contributed by atoms with Crippen LogP contribution in [0.2, 0.25) is 5.02 Å². The lowest BCUT2D eigenvalue weighted by Crippen LogP contribution is -2.41. The highest BCUT2D eigenvalue weighted by molar-refractivity contribution is 6.33. The number of furan rings is 1. The summed E-state index contributed by atoms with van der Waals surface area (Å²) in [4.78, 5) is 22.5. The van der Waals surface area contributed by atoms with Crippen molar-refractivity contribution in [2.45, 2.75) is 44.2 Å². The summed E-state index contributed by atoms with van der Waals surface area (Å²) in [5, 5.41) is 10.6. The Morgan fingerprint density at radius 3 is 3.08 bits per heavy atom. The SMILES string of the molecule is O=C(c1ncncc1Cl)N1CCCCC[C@H]1C[C@@H](O)c1ccco1. The van der Waals surface area contributed by atoms with Crippen molar-refractivity contribution in [1.82, 2.24) is 14.9 Å². The maximum absolute atomic E-state index is 12.9. The van der Waals surface area contributed by atoms with Crippen LogP contribution in [-0.2, 0) is 0 Å². The van der Waals surface area contributed by atoms with Crippen LogP contribution in [0.3, 0.4) is 0 Å². The number of hydrogen-bond donors (Lipinski definition) is 1. The summed E-state index contributed by atoms with van der Waals surface area (Å²) in [5.41, 5.74) is 0.214. The molecule has 2 aromatic heterocycles. The predicted molar refractivity (Wildman–Crippen MR) is 88.6 cm³/mol. The van der Waals surface area contributed by atoms with Crippen molar-refractivity contribution in [1.29, 1.82) is 0 Å². The first-order valence-corrected chi connectivity index (χ1v) is 8.52. The summed E-state index contributed by atoms with van der Waals surface area (Å²) in [6.45, 7) is 0.634. The number of rotatable bonds is 4. The van der Waals surface area contributed by atoms with E-state index in [9.17, 15) is 9.90 Å². The third-order valence-electron chi connectivity index (χ3n) is 4.38. The van der Waals surface area contributed by atoms with Gasteiger partial charge in [0.2, 0.25) is 0 Å². The van der Waals surface area contributed by atoms with Crippen LogP contribution >= 0.6 is 11.6 Å². The molecule has 3 rings (SSSR count). The summed E-state index contributed by atoms with van der Waals surface area (Å²) < 4.78 is 5.27. The summed E-state index contributed by atoms with van der Waals surface area (Å²) in [6.07, 6.45) is 7.84. The highest BCUT2D eigenvalue weighted by atomic mass is 35.5. The zero-order chi connectivity index (χ0) is 16.9. The number of nitrogens with zero attached hydrogens (tertiary/aromatic N) is 3. The number of aliphatic hydroxyl groups is 1. The monoisotopic (exact) mass is 349 g/mol. The Morgan fingerprint density at radius 2 is 2.33 bits per heavy atom. The van der Waals surface area contributed by atoms with Crippen LogP contribution in [0, 0.1) is 0 Å². The second kappa shape index (κ2) is 7.77. The fourth-order valence-corrected chi connectivity index (χ4v) is 3.34. The van der Waals surface area contributed by atoms with E-state index in [1.807, 2.05) is 0 Å². The van der Waals surface area contributed by atoms with Crippen molar-refractivity contribution < 1.29 is 14.3 Å². The first-order chi connectivity index (χ1) is 11.7. The van der Waals surface area contributed by atoms with Gasteiger partial charge in [-0.3, -0.25) is 4.79 Å². The molecule has 0 aliphatic carbocycles. The van der Waals surface area contributed by atoms with E-state index in [0.717, 1.165) is 25.7 Å². The molecule has 1 fully saturated rings. The molecule has 0 bridgehead atoms. The van der Waals surface area contributed by atoms with Gasteiger partial charge in [-0.1, -0.05) is 24.4 Å². The second-order valence-electron chi connectivity index (χ2n) is 5.99. The largest absolute Gasteiger partial charge is 0.467 e. The molecular formula is C17H20ClN3O3. The molecule has 6 nitrogen and oxygen atoms in total. The molecule has 1 aliphatic heterocycles. The standard InChI is InChI=1S/C17H20ClN3O3/c18-13-10-19-11-20-16(13)17(23)21-7-3-1-2-5-12(21)9-14(22)15-6-4-8-24-15/h4,6,8,10-12,14,22H,1-3,5,7,9H2/t12-,14+/m0/s1. The molecule has 0 saturated carbocycles. The maximum Gasteiger partial charge on any atom is 0.274 e. The highest BCUT2D eigenvalue weighted by Gasteiger charge is 2.30. The summed E-state index contributed by atoms with van der Waals surface area (Å²) in [6, 6.07) is 3.41. The number of halogens is 1. The van der Waals surface area contributed by atoms with Gasteiger partial charge in [-0.25, -0.2) is 9.97 Å². The molecule has 2 aromatic rings. The van der Waals surface area contributed by atoms with Gasteiger partial charge in [-0.15, -0.1) is 0 Å². The van der Waals surface area contributed by atoms with Crippen LogP contribution < -0.4 is 0 Å². The molecule has 1 aliphatic rings. The average Bonchev–Trinajstić information content (AvgIpc) is 3.03. The Hall–Kier alpha value is -1.92. The number of hydrogen-bond acceptors (Lipinski definition) is 5. The lowest BCUT2D eigenvalue weighted by molar-refractivity contribution is 0.0552. The lowest BCUT2D eigenvalue weighted by Gasteiger charge is -2.31. The first-order valence-electron chi connectivity index (χ1n) is 8.14. The van der Waals surface area contributed by atoms with Crippen molar-refractivity contribution in [3.8, 4) is 0 Å². The van der Waals surface area contributed by atoms with E-state index < -0.39 is 6.10 Å². The van der Waals surface area contributed by atoms with Crippen LogP contribution in [-0.4, -0.2) is 38.5 Å². The molecule has 0 spiro atoms. The number of aromatic nitrogens is 2. The van der Waals surface area contributed by atoms with Gasteiger partial charge in [-0.05, 0) is 25.0 Å². The fraction of sp³-hybridized carbons (Fsp3) is 0.471. The number of aliphatic hydroxyl groups excluding tert-OH is 1. The molecular weight excluding hydrogens is 330 g/mol. The Kier molecular flexibility index (Phi) is 5.48. The molecule has 24 heavy (non-hydrogen) atoms. The van der Waals surface area contributed by atoms with Crippen LogP contribution in [0.25, 0.3) is 0 Å². The van der Waals surface area contributed by atoms with Gasteiger partial charge in [0.1, 0.15) is 23.9 Å². The summed E-state index contributed by atoms with van der Waals surface area (Å²) in [5.74, 6) is 0.313. The third-order valence-corrected chi connectivity index (χ3v) is 4.65. The molecule has 7 heteroatoms. The van der Waals surface area contributed by atoms with Crippen molar-refractivity contribution in [2.75, 3.05) is 6.54 Å². The van der Waals surface area contributed by atoms with Gasteiger partial charge in [-0.2, -0.15) is 0 Å². The molecule has 2 atom stereocenters. The quantitative estimate of drug-likeness (QED) is 0.916.